The first-order chi connectivity index (χ1) is 6.54. The standard InChI is InChI=1S/C8H15NO5S/c1-7(2,3)14-6(10)8(4)5-13-15(11,12)9-8/h9H,5H2,1-4H3/t8-/m0/s1. The number of esters is 1. The maximum absolute atomic E-state index is 11.6. The van der Waals surface area contributed by atoms with E-state index in [0.717, 1.165) is 0 Å². The zero-order chi connectivity index (χ0) is 11.9. The number of ether oxygens (including phenoxy) is 1. The van der Waals surface area contributed by atoms with Gasteiger partial charge in [-0.2, -0.15) is 13.1 Å². The Morgan fingerprint density at radius 1 is 1.47 bits per heavy atom. The molecule has 0 bridgehead atoms. The Morgan fingerprint density at radius 3 is 2.33 bits per heavy atom. The summed E-state index contributed by atoms with van der Waals surface area (Å²) < 4.78 is 33.6. The van der Waals surface area contributed by atoms with E-state index in [-0.39, 0.29) is 6.61 Å². The molecular formula is C8H15NO5S. The summed E-state index contributed by atoms with van der Waals surface area (Å²) in [5.41, 5.74) is -1.99. The third-order valence-corrected chi connectivity index (χ3v) is 2.83. The van der Waals surface area contributed by atoms with Crippen LogP contribution < -0.4 is 4.72 Å². The fraction of sp³-hybridized carbons (Fsp3) is 0.875. The lowest BCUT2D eigenvalue weighted by Gasteiger charge is -2.26. The van der Waals surface area contributed by atoms with Crippen LogP contribution in [0.2, 0.25) is 0 Å². The van der Waals surface area contributed by atoms with Crippen LogP contribution in [0.3, 0.4) is 0 Å². The molecule has 1 N–H and O–H groups in total. The first-order valence-corrected chi connectivity index (χ1v) is 5.87. The van der Waals surface area contributed by atoms with Crippen LogP contribution in [0, 0.1) is 0 Å². The Labute approximate surface area is 89.2 Å². The summed E-state index contributed by atoms with van der Waals surface area (Å²) in [5.74, 6) is -0.643. The van der Waals surface area contributed by atoms with Crippen LogP contribution in [-0.4, -0.2) is 32.1 Å². The van der Waals surface area contributed by atoms with Crippen LogP contribution in [0.4, 0.5) is 0 Å². The molecule has 0 aliphatic carbocycles. The van der Waals surface area contributed by atoms with Crippen molar-refractivity contribution in [3.63, 3.8) is 0 Å². The van der Waals surface area contributed by atoms with Crippen molar-refractivity contribution in [2.24, 2.45) is 0 Å². The molecule has 1 aliphatic rings. The van der Waals surface area contributed by atoms with Gasteiger partial charge in [0, 0.05) is 0 Å². The second-order valence-corrected chi connectivity index (χ2v) is 6.00. The number of carbonyl (C=O) groups is 1. The molecule has 88 valence electrons. The van der Waals surface area contributed by atoms with Gasteiger partial charge < -0.3 is 4.74 Å². The molecule has 6 nitrogen and oxygen atoms in total. The fourth-order valence-electron chi connectivity index (χ4n) is 1.02. The van der Waals surface area contributed by atoms with Gasteiger partial charge in [-0.15, -0.1) is 0 Å². The third kappa shape index (κ3) is 3.15. The van der Waals surface area contributed by atoms with Crippen molar-refractivity contribution >= 4 is 16.3 Å². The van der Waals surface area contributed by atoms with Crippen molar-refractivity contribution in [2.45, 2.75) is 38.8 Å². The van der Waals surface area contributed by atoms with Crippen LogP contribution in [-0.2, 0) is 24.0 Å². The average molecular weight is 237 g/mol. The van der Waals surface area contributed by atoms with Crippen LogP contribution in [0.5, 0.6) is 0 Å². The summed E-state index contributed by atoms with van der Waals surface area (Å²) >= 11 is 0. The van der Waals surface area contributed by atoms with Crippen molar-refractivity contribution in [1.82, 2.24) is 4.72 Å². The molecule has 1 rings (SSSR count). The molecular weight excluding hydrogens is 222 g/mol. The van der Waals surface area contributed by atoms with Crippen molar-refractivity contribution in [3.05, 3.63) is 0 Å². The van der Waals surface area contributed by atoms with E-state index >= 15 is 0 Å². The second-order valence-electron chi connectivity index (χ2n) is 4.65. The SMILES string of the molecule is CC(C)(C)OC(=O)[C@]1(C)COS(=O)(=O)N1. The molecule has 1 fully saturated rings. The van der Waals surface area contributed by atoms with Gasteiger partial charge in [-0.05, 0) is 27.7 Å². The van der Waals surface area contributed by atoms with E-state index in [0.29, 0.717) is 0 Å². The van der Waals surface area contributed by atoms with Gasteiger partial charge in [0.25, 0.3) is 0 Å². The summed E-state index contributed by atoms with van der Waals surface area (Å²) in [6.45, 7) is 6.30. The minimum atomic E-state index is -3.81. The van der Waals surface area contributed by atoms with Gasteiger partial charge in [-0.1, -0.05) is 0 Å². The van der Waals surface area contributed by atoms with Crippen molar-refractivity contribution in [3.8, 4) is 0 Å². The molecule has 1 saturated heterocycles. The van der Waals surface area contributed by atoms with Crippen molar-refractivity contribution in [2.75, 3.05) is 6.61 Å². The maximum atomic E-state index is 11.6. The van der Waals surface area contributed by atoms with Crippen LogP contribution in [0.1, 0.15) is 27.7 Å². The highest BCUT2D eigenvalue weighted by Gasteiger charge is 2.47. The molecule has 0 aromatic rings. The molecule has 15 heavy (non-hydrogen) atoms. The molecule has 0 spiro atoms. The molecule has 0 aromatic heterocycles. The van der Waals surface area contributed by atoms with E-state index in [1.54, 1.807) is 20.8 Å². The molecule has 0 unspecified atom stereocenters. The fourth-order valence-corrected chi connectivity index (χ4v) is 2.17. The van der Waals surface area contributed by atoms with Crippen LogP contribution in [0.15, 0.2) is 0 Å². The Balaban J connectivity index is 2.77. The van der Waals surface area contributed by atoms with E-state index in [4.69, 9.17) is 4.74 Å². The first kappa shape index (κ1) is 12.4. The topological polar surface area (TPSA) is 81.7 Å². The van der Waals surface area contributed by atoms with Gasteiger partial charge >= 0.3 is 16.3 Å². The molecule has 0 saturated carbocycles. The van der Waals surface area contributed by atoms with E-state index < -0.39 is 27.4 Å². The van der Waals surface area contributed by atoms with Gasteiger partial charge in [0.2, 0.25) is 0 Å². The van der Waals surface area contributed by atoms with Gasteiger partial charge in [-0.25, -0.2) is 4.79 Å². The third-order valence-electron chi connectivity index (χ3n) is 1.70. The lowest BCUT2D eigenvalue weighted by atomic mass is 10.1. The Bertz CT molecular complexity index is 369. The molecule has 7 heteroatoms. The highest BCUT2D eigenvalue weighted by Crippen LogP contribution is 2.20. The summed E-state index contributed by atoms with van der Waals surface area (Å²) in [7, 11) is -3.81. The van der Waals surface area contributed by atoms with E-state index in [2.05, 4.69) is 8.91 Å². The summed E-state index contributed by atoms with van der Waals surface area (Å²) in [5, 5.41) is 0. The zero-order valence-electron chi connectivity index (χ0n) is 9.16. The molecule has 0 radical (unpaired) electrons. The number of carbonyl (C=O) groups excluding carboxylic acids is 1. The van der Waals surface area contributed by atoms with Crippen molar-refractivity contribution in [1.29, 1.82) is 0 Å². The van der Waals surface area contributed by atoms with E-state index in [9.17, 15) is 13.2 Å². The molecule has 1 atom stereocenters. The Kier molecular flexibility index (Phi) is 2.84. The summed E-state index contributed by atoms with van der Waals surface area (Å²) in [6.07, 6.45) is 0. The average Bonchev–Trinajstić information content (AvgIpc) is 2.23. The normalized spacial score (nSPS) is 30.1. The van der Waals surface area contributed by atoms with Gasteiger partial charge in [-0.3, -0.25) is 4.18 Å². The minimum Gasteiger partial charge on any atom is -0.459 e. The van der Waals surface area contributed by atoms with E-state index in [1.807, 2.05) is 0 Å². The number of hydrogen-bond donors (Lipinski definition) is 1. The summed E-state index contributed by atoms with van der Waals surface area (Å²) in [4.78, 5) is 11.6. The quantitative estimate of drug-likeness (QED) is 0.647. The van der Waals surface area contributed by atoms with Gasteiger partial charge in [0.15, 0.2) is 5.54 Å². The predicted molar refractivity (Wildman–Crippen MR) is 52.3 cm³/mol. The number of hydrogen-bond acceptors (Lipinski definition) is 5. The minimum absolute atomic E-state index is 0.246. The highest BCUT2D eigenvalue weighted by molar-refractivity contribution is 7.85. The van der Waals surface area contributed by atoms with Crippen molar-refractivity contribution < 1.29 is 22.1 Å². The maximum Gasteiger partial charge on any atom is 0.337 e. The Hall–Kier alpha value is -0.660. The first-order valence-electron chi connectivity index (χ1n) is 4.46. The predicted octanol–water partition coefficient (Wildman–Crippen LogP) is -0.0486. The molecule has 1 heterocycles. The monoisotopic (exact) mass is 237 g/mol. The highest BCUT2D eigenvalue weighted by atomic mass is 32.2. The number of rotatable bonds is 1. The van der Waals surface area contributed by atoms with Gasteiger partial charge in [0.1, 0.15) is 5.60 Å². The zero-order valence-corrected chi connectivity index (χ0v) is 9.97. The van der Waals surface area contributed by atoms with Crippen LogP contribution >= 0.6 is 0 Å². The number of nitrogens with one attached hydrogen (secondary N) is 1. The molecule has 0 aromatic carbocycles. The largest absolute Gasteiger partial charge is 0.459 e. The second kappa shape index (κ2) is 3.43. The molecule has 0 amide bonds. The summed E-state index contributed by atoms with van der Waals surface area (Å²) in [6, 6.07) is 0. The smallest absolute Gasteiger partial charge is 0.337 e. The lowest BCUT2D eigenvalue weighted by Crippen LogP contribution is -2.51. The van der Waals surface area contributed by atoms with Crippen LogP contribution in [0.25, 0.3) is 0 Å². The lowest BCUT2D eigenvalue weighted by molar-refractivity contribution is -0.161. The molecule has 1 aliphatic heterocycles. The Morgan fingerprint density at radius 2 is 2.00 bits per heavy atom. The van der Waals surface area contributed by atoms with E-state index in [1.165, 1.54) is 6.92 Å². The van der Waals surface area contributed by atoms with Gasteiger partial charge in [0.05, 0.1) is 6.61 Å².